The number of nitrogens with one attached hydrogen (secondary N) is 1. The minimum atomic E-state index is -0.459. The van der Waals surface area contributed by atoms with Crippen LogP contribution in [0.5, 0.6) is 0 Å². The summed E-state index contributed by atoms with van der Waals surface area (Å²) in [5.41, 5.74) is 5.42. The molecule has 1 unspecified atom stereocenters. The third-order valence-corrected chi connectivity index (χ3v) is 6.70. The van der Waals surface area contributed by atoms with E-state index >= 15 is 0 Å². The summed E-state index contributed by atoms with van der Waals surface area (Å²) in [7, 11) is 0. The van der Waals surface area contributed by atoms with Crippen molar-refractivity contribution in [3.05, 3.63) is 135 Å². The van der Waals surface area contributed by atoms with E-state index in [2.05, 4.69) is 53.9 Å². The van der Waals surface area contributed by atoms with Crippen molar-refractivity contribution in [2.75, 3.05) is 0 Å². The highest BCUT2D eigenvalue weighted by Gasteiger charge is 2.24. The fourth-order valence-electron chi connectivity index (χ4n) is 4.92. The Hall–Kier alpha value is -4.51. The normalized spacial score (nSPS) is 16.4. The van der Waals surface area contributed by atoms with Crippen LogP contribution in [0.15, 0.2) is 97.4 Å². The molecule has 1 N–H and O–H groups in total. The van der Waals surface area contributed by atoms with Crippen molar-refractivity contribution < 1.29 is 9.72 Å². The van der Waals surface area contributed by atoms with Gasteiger partial charge < -0.3 is 5.32 Å². The van der Waals surface area contributed by atoms with Gasteiger partial charge >= 0.3 is 0 Å². The van der Waals surface area contributed by atoms with Gasteiger partial charge in [0.2, 0.25) is 0 Å². The van der Waals surface area contributed by atoms with Crippen LogP contribution in [0.1, 0.15) is 27.9 Å². The number of allylic oxidation sites excluding steroid dienone is 4. The van der Waals surface area contributed by atoms with E-state index < -0.39 is 4.92 Å². The Bertz CT molecular complexity index is 1530. The Labute approximate surface area is 209 Å². The molecule has 178 valence electrons. The maximum Gasteiger partial charge on any atom is 0.270 e. The minimum Gasteiger partial charge on any atom is -0.368 e. The number of nitro groups is 1. The standard InChI is InChI=1S/C25H19NO3.C6H7N/c27-25(18-5-3-6-20(14-18)26(28)29)19-9-8-17-11-12-22-21-7-2-1-4-16(21)10-13-23(22)24(17)15-19;1-2-4-6-7-5-3-1/h1-7,11-15,19H,8-10H2;1-7H. The lowest BCUT2D eigenvalue weighted by Crippen LogP contribution is -2.37. The van der Waals surface area contributed by atoms with Gasteiger partial charge in [-0.15, -0.1) is 0 Å². The van der Waals surface area contributed by atoms with Gasteiger partial charge in [0.1, 0.15) is 0 Å². The number of carbonyl (C=O) groups excluding carboxylic acids is 1. The van der Waals surface area contributed by atoms with Crippen LogP contribution in [0.25, 0.3) is 23.3 Å². The highest BCUT2D eigenvalue weighted by Crippen LogP contribution is 2.26. The smallest absolute Gasteiger partial charge is 0.270 e. The molecule has 0 saturated carbocycles. The Morgan fingerprint density at radius 3 is 2.47 bits per heavy atom. The van der Waals surface area contributed by atoms with Crippen molar-refractivity contribution in [1.29, 1.82) is 0 Å². The number of Topliss-reactive ketones (excluding diaryl/α,β-unsaturated/α-hetero) is 1. The lowest BCUT2D eigenvalue weighted by molar-refractivity contribution is -0.384. The Morgan fingerprint density at radius 2 is 1.67 bits per heavy atom. The number of rotatable bonds is 3. The summed E-state index contributed by atoms with van der Waals surface area (Å²) in [4.78, 5) is 23.7. The summed E-state index contributed by atoms with van der Waals surface area (Å²) in [6.45, 7) is 0. The monoisotopic (exact) mass is 474 g/mol. The molecular formula is C31H26N2O3. The van der Waals surface area contributed by atoms with Crippen LogP contribution in [-0.2, 0) is 12.8 Å². The fraction of sp³-hybridized carbons (Fsp3) is 0.129. The van der Waals surface area contributed by atoms with E-state index in [0.29, 0.717) is 5.56 Å². The average molecular weight is 475 g/mol. The van der Waals surface area contributed by atoms with Crippen LogP contribution < -0.4 is 15.8 Å². The predicted octanol–water partition coefficient (Wildman–Crippen LogP) is 5.00. The zero-order chi connectivity index (χ0) is 24.9. The number of non-ortho nitro benzene ring substituents is 1. The molecule has 0 spiro atoms. The second-order valence-corrected chi connectivity index (χ2v) is 8.92. The molecule has 0 radical (unpaired) electrons. The van der Waals surface area contributed by atoms with Gasteiger partial charge in [0.25, 0.3) is 5.69 Å². The van der Waals surface area contributed by atoms with Crippen LogP contribution in [0.3, 0.4) is 0 Å². The molecule has 5 heteroatoms. The molecule has 5 nitrogen and oxygen atoms in total. The molecule has 0 saturated heterocycles. The first-order chi connectivity index (χ1) is 17.6. The number of benzene rings is 3. The highest BCUT2D eigenvalue weighted by molar-refractivity contribution is 6.01. The maximum atomic E-state index is 13.1. The van der Waals surface area contributed by atoms with Crippen molar-refractivity contribution in [3.8, 4) is 11.1 Å². The van der Waals surface area contributed by atoms with E-state index in [1.54, 1.807) is 12.1 Å². The lowest BCUT2D eigenvalue weighted by atomic mass is 9.82. The summed E-state index contributed by atoms with van der Waals surface area (Å²) in [5, 5.41) is 16.3. The van der Waals surface area contributed by atoms with E-state index in [9.17, 15) is 14.9 Å². The van der Waals surface area contributed by atoms with Crippen LogP contribution in [0, 0.1) is 16.0 Å². The summed E-state index contributed by atoms with van der Waals surface area (Å²) in [5.74, 6) is -0.310. The van der Waals surface area contributed by atoms with Crippen molar-refractivity contribution in [3.63, 3.8) is 0 Å². The molecule has 0 bridgehead atoms. The maximum absolute atomic E-state index is 13.1. The molecule has 0 fully saturated rings. The van der Waals surface area contributed by atoms with Crippen LogP contribution in [-0.4, -0.2) is 10.7 Å². The quantitative estimate of drug-likeness (QED) is 0.330. The van der Waals surface area contributed by atoms with E-state index in [-0.39, 0.29) is 17.4 Å². The van der Waals surface area contributed by atoms with Crippen LogP contribution in [0.4, 0.5) is 5.69 Å². The molecule has 3 aromatic rings. The van der Waals surface area contributed by atoms with Gasteiger partial charge in [0.15, 0.2) is 5.78 Å². The molecule has 6 rings (SSSR count). The molecule has 36 heavy (non-hydrogen) atoms. The van der Waals surface area contributed by atoms with Gasteiger partial charge in [-0.05, 0) is 64.1 Å². The zero-order valence-corrected chi connectivity index (χ0v) is 19.8. The molecule has 3 aromatic carbocycles. The van der Waals surface area contributed by atoms with Gasteiger partial charge in [-0.1, -0.05) is 72.8 Å². The second kappa shape index (κ2) is 10.4. The molecule has 1 atom stereocenters. The first kappa shape index (κ1) is 23.2. The third-order valence-electron chi connectivity index (χ3n) is 6.70. The number of ketones is 1. The van der Waals surface area contributed by atoms with Crippen molar-refractivity contribution in [1.82, 2.24) is 5.32 Å². The largest absolute Gasteiger partial charge is 0.368 e. The Morgan fingerprint density at radius 1 is 0.861 bits per heavy atom. The number of hydrogen-bond donors (Lipinski definition) is 1. The number of nitrogens with zero attached hydrogens (tertiary/aromatic N) is 1. The van der Waals surface area contributed by atoms with Crippen molar-refractivity contribution in [2.24, 2.45) is 5.92 Å². The van der Waals surface area contributed by atoms with Crippen LogP contribution in [0.2, 0.25) is 0 Å². The van der Waals surface area contributed by atoms with Crippen molar-refractivity contribution >= 4 is 23.6 Å². The SMILES string of the molecule is C1=CC=CNC=C1.O=C(c1cccc([N+](=O)[O-])c1)C1C=c2c(ccc3c2=CCc2ccccc2-3)CC1. The van der Waals surface area contributed by atoms with Gasteiger partial charge in [-0.25, -0.2) is 0 Å². The Kier molecular flexibility index (Phi) is 6.72. The fourth-order valence-corrected chi connectivity index (χ4v) is 4.92. The van der Waals surface area contributed by atoms with Gasteiger partial charge in [0.05, 0.1) is 4.92 Å². The topological polar surface area (TPSA) is 72.2 Å². The highest BCUT2D eigenvalue weighted by atomic mass is 16.6. The second-order valence-electron chi connectivity index (χ2n) is 8.92. The number of nitro benzene ring substituents is 1. The Balaban J connectivity index is 0.000000330. The lowest BCUT2D eigenvalue weighted by Gasteiger charge is -2.21. The first-order valence-electron chi connectivity index (χ1n) is 12.1. The molecule has 0 aromatic heterocycles. The summed E-state index contributed by atoms with van der Waals surface area (Å²) in [6, 6.07) is 18.9. The van der Waals surface area contributed by atoms with E-state index in [1.165, 1.54) is 39.6 Å². The minimum absolute atomic E-state index is 0.0469. The van der Waals surface area contributed by atoms with Gasteiger partial charge in [-0.2, -0.15) is 0 Å². The van der Waals surface area contributed by atoms with Crippen molar-refractivity contribution in [2.45, 2.75) is 19.3 Å². The van der Waals surface area contributed by atoms with E-state index in [4.69, 9.17) is 0 Å². The van der Waals surface area contributed by atoms with Gasteiger partial charge in [-0.3, -0.25) is 14.9 Å². The van der Waals surface area contributed by atoms with Crippen LogP contribution >= 0.6 is 0 Å². The summed E-state index contributed by atoms with van der Waals surface area (Å²) >= 11 is 0. The molecule has 1 aliphatic heterocycles. The molecular weight excluding hydrogens is 448 g/mol. The van der Waals surface area contributed by atoms with E-state index in [1.807, 2.05) is 36.7 Å². The number of hydrogen-bond acceptors (Lipinski definition) is 4. The third kappa shape index (κ3) is 4.82. The zero-order valence-electron chi connectivity index (χ0n) is 19.8. The molecule has 0 amide bonds. The predicted molar refractivity (Wildman–Crippen MR) is 144 cm³/mol. The average Bonchev–Trinajstić information content (AvgIpc) is 3.26. The first-order valence-corrected chi connectivity index (χ1v) is 12.1. The van der Waals surface area contributed by atoms with Gasteiger partial charge in [0, 0.05) is 36.0 Å². The number of fused-ring (bicyclic) bond motifs is 5. The summed E-state index contributed by atoms with van der Waals surface area (Å²) in [6.07, 6.45) is 18.4. The van der Waals surface area contributed by atoms with E-state index in [0.717, 1.165) is 24.5 Å². The number of carbonyl (C=O) groups is 1. The number of aryl methyl sites for hydroxylation is 1. The summed E-state index contributed by atoms with van der Waals surface area (Å²) < 4.78 is 0. The molecule has 1 heterocycles. The molecule has 2 aliphatic carbocycles. The molecule has 3 aliphatic rings.